The molecule has 16 heteroatoms. The van der Waals surface area contributed by atoms with Crippen molar-refractivity contribution in [2.75, 3.05) is 29.5 Å². The van der Waals surface area contributed by atoms with Crippen molar-refractivity contribution < 1.29 is 53.4 Å². The van der Waals surface area contributed by atoms with Crippen LogP contribution >= 0.6 is 0 Å². The molecule has 2 aliphatic heterocycles. The van der Waals surface area contributed by atoms with Crippen molar-refractivity contribution in [2.45, 2.75) is 56.3 Å². The van der Waals surface area contributed by atoms with Gasteiger partial charge in [0.1, 0.15) is 11.4 Å². The Morgan fingerprint density at radius 2 is 1.46 bits per heavy atom. The molecule has 0 aliphatic carbocycles. The van der Waals surface area contributed by atoms with Crippen LogP contribution in [-0.4, -0.2) is 84.9 Å². The Bertz CT molecular complexity index is 2010. The first kappa shape index (κ1) is 35.4. The standard InChI is InChI=1S/C30H36N2O11S3/c1-29(2)24(31(16-8-18-44(35,36)37)21-11-5-10-20(26(21)29)28(33)34)14-7-15-25-30(3,4)27-22(12-6-13-23(27)46(41,42)43)32(25)17-9-19-45(38,39)40/h5-7,10-15H,8-9,16-19H2,1-4H3,(H3-,33,34,35,36,37,38,39,40,41,42,43)/p+1. The van der Waals surface area contributed by atoms with Gasteiger partial charge in [0.25, 0.3) is 30.4 Å². The van der Waals surface area contributed by atoms with Gasteiger partial charge in [0.15, 0.2) is 5.71 Å². The first-order valence-corrected chi connectivity index (χ1v) is 18.9. The van der Waals surface area contributed by atoms with Crippen LogP contribution in [0.25, 0.3) is 0 Å². The highest BCUT2D eigenvalue weighted by molar-refractivity contribution is 7.86. The number of anilines is 1. The Morgan fingerprint density at radius 1 is 0.848 bits per heavy atom. The van der Waals surface area contributed by atoms with E-state index in [2.05, 4.69) is 0 Å². The Hall–Kier alpha value is -3.41. The predicted molar refractivity (Wildman–Crippen MR) is 172 cm³/mol. The Kier molecular flexibility index (Phi) is 9.49. The van der Waals surface area contributed by atoms with Gasteiger partial charge in [-0.15, -0.1) is 0 Å². The average molecular weight is 698 g/mol. The quantitative estimate of drug-likeness (QED) is 0.185. The van der Waals surface area contributed by atoms with Crippen molar-refractivity contribution in [3.8, 4) is 0 Å². The Balaban J connectivity index is 1.85. The molecule has 46 heavy (non-hydrogen) atoms. The second kappa shape index (κ2) is 12.3. The molecule has 2 aromatic rings. The minimum atomic E-state index is -4.63. The highest BCUT2D eigenvalue weighted by Gasteiger charge is 2.48. The van der Waals surface area contributed by atoms with Crippen molar-refractivity contribution in [3.05, 3.63) is 77.0 Å². The van der Waals surface area contributed by atoms with Crippen LogP contribution in [0.2, 0.25) is 0 Å². The molecule has 0 amide bonds. The molecule has 0 fully saturated rings. The molecule has 250 valence electrons. The number of allylic oxidation sites excluding steroid dienone is 4. The molecular formula is C30H37N2O11S3+. The number of carboxylic acids is 1. The number of fused-ring (bicyclic) bond motifs is 2. The molecule has 13 nitrogen and oxygen atoms in total. The largest absolute Gasteiger partial charge is 0.478 e. The lowest BCUT2D eigenvalue weighted by Crippen LogP contribution is -2.30. The molecule has 0 aromatic heterocycles. The molecule has 2 aliphatic rings. The third-order valence-electron chi connectivity index (χ3n) is 8.33. The monoisotopic (exact) mass is 697 g/mol. The van der Waals surface area contributed by atoms with Crippen molar-refractivity contribution in [3.63, 3.8) is 0 Å². The zero-order valence-electron chi connectivity index (χ0n) is 25.7. The fourth-order valence-electron chi connectivity index (χ4n) is 6.50. The van der Waals surface area contributed by atoms with Crippen LogP contribution in [0, 0.1) is 0 Å². The molecule has 0 saturated heterocycles. The van der Waals surface area contributed by atoms with Gasteiger partial charge in [0.2, 0.25) is 5.69 Å². The molecule has 0 spiro atoms. The molecule has 2 heterocycles. The molecular weight excluding hydrogens is 661 g/mol. The minimum Gasteiger partial charge on any atom is -0.478 e. The van der Waals surface area contributed by atoms with Crippen molar-refractivity contribution in [2.24, 2.45) is 0 Å². The molecule has 0 atom stereocenters. The van der Waals surface area contributed by atoms with Crippen molar-refractivity contribution >= 4 is 53.4 Å². The molecule has 4 rings (SSSR count). The predicted octanol–water partition coefficient (Wildman–Crippen LogP) is 3.80. The zero-order chi connectivity index (χ0) is 34.5. The average Bonchev–Trinajstić information content (AvgIpc) is 3.26. The van der Waals surface area contributed by atoms with E-state index in [0.29, 0.717) is 33.9 Å². The lowest BCUT2D eigenvalue weighted by Gasteiger charge is -2.27. The van der Waals surface area contributed by atoms with Gasteiger partial charge < -0.3 is 10.0 Å². The number of nitrogens with zero attached hydrogens (tertiary/aromatic N) is 2. The van der Waals surface area contributed by atoms with Gasteiger partial charge in [0.05, 0.1) is 28.0 Å². The van der Waals surface area contributed by atoms with E-state index in [1.54, 1.807) is 59.8 Å². The zero-order valence-corrected chi connectivity index (χ0v) is 28.2. The van der Waals surface area contributed by atoms with Crippen LogP contribution in [-0.2, 0) is 41.2 Å². The fourth-order valence-corrected chi connectivity index (χ4v) is 8.35. The summed E-state index contributed by atoms with van der Waals surface area (Å²) in [5.41, 5.74) is 1.26. The van der Waals surface area contributed by atoms with E-state index < -0.39 is 58.7 Å². The summed E-state index contributed by atoms with van der Waals surface area (Å²) in [7, 11) is -13.1. The highest BCUT2D eigenvalue weighted by atomic mass is 32.2. The normalized spacial score (nSPS) is 18.4. The topological polar surface area (TPSA) is 207 Å². The van der Waals surface area contributed by atoms with E-state index >= 15 is 0 Å². The van der Waals surface area contributed by atoms with Crippen LogP contribution in [0.5, 0.6) is 0 Å². The van der Waals surface area contributed by atoms with Crippen LogP contribution in [0.1, 0.15) is 62.0 Å². The van der Waals surface area contributed by atoms with Crippen LogP contribution < -0.4 is 4.90 Å². The van der Waals surface area contributed by atoms with E-state index in [1.165, 1.54) is 18.2 Å². The van der Waals surface area contributed by atoms with Crippen molar-refractivity contribution in [1.82, 2.24) is 0 Å². The summed E-state index contributed by atoms with van der Waals surface area (Å²) in [6.45, 7) is 7.42. The van der Waals surface area contributed by atoms with E-state index in [4.69, 9.17) is 0 Å². The Labute approximate surface area is 268 Å². The second-order valence-corrected chi connectivity index (χ2v) is 16.8. The van der Waals surface area contributed by atoms with Crippen LogP contribution in [0.3, 0.4) is 0 Å². The molecule has 2 aromatic carbocycles. The third-order valence-corrected chi connectivity index (χ3v) is 10.8. The summed E-state index contributed by atoms with van der Waals surface area (Å²) in [6.07, 6.45) is 5.19. The van der Waals surface area contributed by atoms with E-state index in [0.717, 1.165) is 0 Å². The van der Waals surface area contributed by atoms with Gasteiger partial charge in [0, 0.05) is 47.5 Å². The van der Waals surface area contributed by atoms with Crippen LogP contribution in [0.15, 0.2) is 65.2 Å². The van der Waals surface area contributed by atoms with E-state index in [-0.39, 0.29) is 36.4 Å². The molecule has 0 unspecified atom stereocenters. The number of aromatic carboxylic acids is 1. The lowest BCUT2D eigenvalue weighted by molar-refractivity contribution is -0.437. The SMILES string of the molecule is CC1(C)C(/C=C/C=C2/N(CCCS(=O)(=O)O)c3cccc(C(=O)O)c3C2(C)C)=[N+](CCCS(=O)(=O)O)c2cccc(S(=O)(=O)O)c21. The van der Waals surface area contributed by atoms with Gasteiger partial charge in [-0.25, -0.2) is 4.79 Å². The minimum absolute atomic E-state index is 0.00470. The maximum atomic E-state index is 12.4. The summed E-state index contributed by atoms with van der Waals surface area (Å²) < 4.78 is 101. The number of hydrogen-bond acceptors (Lipinski definition) is 8. The molecule has 0 bridgehead atoms. The maximum Gasteiger partial charge on any atom is 0.336 e. The molecule has 0 saturated carbocycles. The number of hydrogen-bond donors (Lipinski definition) is 4. The van der Waals surface area contributed by atoms with Crippen LogP contribution in [0.4, 0.5) is 11.4 Å². The summed E-state index contributed by atoms with van der Waals surface area (Å²) in [4.78, 5) is 13.7. The van der Waals surface area contributed by atoms with Gasteiger partial charge in [-0.2, -0.15) is 29.8 Å². The second-order valence-electron chi connectivity index (χ2n) is 12.3. The number of carboxylic acid groups (broad SMARTS) is 1. The van der Waals surface area contributed by atoms with Gasteiger partial charge in [-0.3, -0.25) is 13.7 Å². The lowest BCUT2D eigenvalue weighted by atomic mass is 9.80. The van der Waals surface area contributed by atoms with Gasteiger partial charge in [-0.1, -0.05) is 32.1 Å². The van der Waals surface area contributed by atoms with Gasteiger partial charge in [-0.05, 0) is 44.5 Å². The first-order valence-electron chi connectivity index (χ1n) is 14.3. The molecule has 0 radical (unpaired) electrons. The van der Waals surface area contributed by atoms with Gasteiger partial charge >= 0.3 is 5.97 Å². The Morgan fingerprint density at radius 3 is 2.04 bits per heavy atom. The summed E-state index contributed by atoms with van der Waals surface area (Å²) in [5, 5.41) is 9.94. The molecule has 4 N–H and O–H groups in total. The highest BCUT2D eigenvalue weighted by Crippen LogP contribution is 2.49. The summed E-state index contributed by atoms with van der Waals surface area (Å²) in [5.74, 6) is -2.16. The maximum absolute atomic E-state index is 12.4. The summed E-state index contributed by atoms with van der Waals surface area (Å²) in [6, 6.07) is 9.22. The van der Waals surface area contributed by atoms with E-state index in [1.807, 2.05) is 13.8 Å². The number of rotatable bonds is 12. The first-order chi connectivity index (χ1) is 21.1. The van der Waals surface area contributed by atoms with Crippen molar-refractivity contribution in [1.29, 1.82) is 0 Å². The number of carbonyl (C=O) groups is 1. The van der Waals surface area contributed by atoms with E-state index in [9.17, 15) is 48.8 Å². The summed E-state index contributed by atoms with van der Waals surface area (Å²) >= 11 is 0. The third kappa shape index (κ3) is 7.11. The smallest absolute Gasteiger partial charge is 0.336 e. The fraction of sp³-hybridized carbons (Fsp3) is 0.400. The number of benzene rings is 2.